The van der Waals surface area contributed by atoms with Crippen molar-refractivity contribution in [1.82, 2.24) is 4.90 Å². The van der Waals surface area contributed by atoms with E-state index in [2.05, 4.69) is 11.8 Å². The summed E-state index contributed by atoms with van der Waals surface area (Å²) in [5, 5.41) is 0. The van der Waals surface area contributed by atoms with E-state index in [1.54, 1.807) is 0 Å². The molecule has 2 fully saturated rings. The van der Waals surface area contributed by atoms with Crippen molar-refractivity contribution in [3.05, 3.63) is 0 Å². The standard InChI is InChI=1S/C15H29N3O/c1-2-18(12-7-4-3-5-8-12)13-9-6-10-15(17,11-13)14(16)19/h12-13H,2-11,17H2,1H3,(H2,16,19). The Hall–Kier alpha value is -0.610. The SMILES string of the molecule is CCN(C1CCCCC1)C1CCCC(N)(C(N)=O)C1. The molecule has 2 aliphatic rings. The number of primary amides is 1. The molecule has 0 spiro atoms. The third kappa shape index (κ3) is 3.29. The first-order valence-electron chi connectivity index (χ1n) is 7.91. The molecule has 0 aromatic rings. The number of rotatable bonds is 4. The van der Waals surface area contributed by atoms with Crippen molar-refractivity contribution in [2.75, 3.05) is 6.54 Å². The van der Waals surface area contributed by atoms with Gasteiger partial charge in [0.15, 0.2) is 0 Å². The van der Waals surface area contributed by atoms with E-state index < -0.39 is 5.54 Å². The van der Waals surface area contributed by atoms with Gasteiger partial charge < -0.3 is 11.5 Å². The van der Waals surface area contributed by atoms with Gasteiger partial charge in [-0.1, -0.05) is 26.2 Å². The number of nitrogens with zero attached hydrogens (tertiary/aromatic N) is 1. The van der Waals surface area contributed by atoms with Gasteiger partial charge in [0.25, 0.3) is 0 Å². The van der Waals surface area contributed by atoms with Crippen LogP contribution in [0, 0.1) is 0 Å². The highest BCUT2D eigenvalue weighted by atomic mass is 16.1. The van der Waals surface area contributed by atoms with Crippen LogP contribution in [0.2, 0.25) is 0 Å². The lowest BCUT2D eigenvalue weighted by atomic mass is 9.77. The molecule has 4 nitrogen and oxygen atoms in total. The van der Waals surface area contributed by atoms with Crippen LogP contribution in [-0.2, 0) is 4.79 Å². The molecule has 0 aromatic heterocycles. The maximum absolute atomic E-state index is 11.6. The second kappa shape index (κ2) is 6.23. The van der Waals surface area contributed by atoms with Crippen LogP contribution in [-0.4, -0.2) is 35.0 Å². The molecule has 19 heavy (non-hydrogen) atoms. The van der Waals surface area contributed by atoms with Gasteiger partial charge in [-0.05, 0) is 45.1 Å². The molecule has 0 heterocycles. The third-order valence-electron chi connectivity index (χ3n) is 5.13. The minimum atomic E-state index is -0.773. The number of amides is 1. The molecule has 4 heteroatoms. The van der Waals surface area contributed by atoms with E-state index in [9.17, 15) is 4.79 Å². The topological polar surface area (TPSA) is 72.3 Å². The van der Waals surface area contributed by atoms with E-state index in [1.807, 2.05) is 0 Å². The molecule has 0 saturated heterocycles. The number of hydrogen-bond donors (Lipinski definition) is 2. The molecule has 0 radical (unpaired) electrons. The Balaban J connectivity index is 2.03. The fourth-order valence-corrected chi connectivity index (χ4v) is 4.01. The van der Waals surface area contributed by atoms with Crippen LogP contribution in [0.15, 0.2) is 0 Å². The van der Waals surface area contributed by atoms with Crippen molar-refractivity contribution in [2.24, 2.45) is 11.5 Å². The van der Waals surface area contributed by atoms with Crippen LogP contribution in [0.1, 0.15) is 64.7 Å². The van der Waals surface area contributed by atoms with Gasteiger partial charge in [-0.2, -0.15) is 0 Å². The number of hydrogen-bond acceptors (Lipinski definition) is 3. The quantitative estimate of drug-likeness (QED) is 0.815. The van der Waals surface area contributed by atoms with Crippen molar-refractivity contribution in [3.8, 4) is 0 Å². The first-order valence-corrected chi connectivity index (χ1v) is 7.91. The zero-order valence-electron chi connectivity index (χ0n) is 12.2. The zero-order valence-corrected chi connectivity index (χ0v) is 12.2. The Kier molecular flexibility index (Phi) is 4.85. The van der Waals surface area contributed by atoms with Gasteiger partial charge in [0, 0.05) is 12.1 Å². The minimum Gasteiger partial charge on any atom is -0.368 e. The zero-order chi connectivity index (χ0) is 13.9. The van der Waals surface area contributed by atoms with E-state index in [4.69, 9.17) is 11.5 Å². The average molecular weight is 267 g/mol. The van der Waals surface area contributed by atoms with Gasteiger partial charge in [-0.3, -0.25) is 9.69 Å². The molecule has 0 aromatic carbocycles. The Labute approximate surface area is 116 Å². The first-order chi connectivity index (χ1) is 9.07. The van der Waals surface area contributed by atoms with E-state index in [-0.39, 0.29) is 5.91 Å². The van der Waals surface area contributed by atoms with Gasteiger partial charge in [0.05, 0.1) is 5.54 Å². The Morgan fingerprint density at radius 1 is 1.16 bits per heavy atom. The normalized spacial score (nSPS) is 33.5. The molecular weight excluding hydrogens is 238 g/mol. The lowest BCUT2D eigenvalue weighted by Crippen LogP contribution is -2.59. The lowest BCUT2D eigenvalue weighted by Gasteiger charge is -2.45. The van der Waals surface area contributed by atoms with E-state index in [1.165, 1.54) is 32.1 Å². The van der Waals surface area contributed by atoms with E-state index >= 15 is 0 Å². The highest BCUT2D eigenvalue weighted by Gasteiger charge is 2.40. The van der Waals surface area contributed by atoms with Crippen molar-refractivity contribution >= 4 is 5.91 Å². The smallest absolute Gasteiger partial charge is 0.237 e. The molecule has 2 rings (SSSR count). The maximum Gasteiger partial charge on any atom is 0.237 e. The molecular formula is C15H29N3O. The summed E-state index contributed by atoms with van der Waals surface area (Å²) in [6.45, 7) is 3.29. The number of carbonyl (C=O) groups excluding carboxylic acids is 1. The fourth-order valence-electron chi connectivity index (χ4n) is 4.01. The van der Waals surface area contributed by atoms with Crippen LogP contribution in [0.3, 0.4) is 0 Å². The molecule has 2 saturated carbocycles. The summed E-state index contributed by atoms with van der Waals surface area (Å²) in [6.07, 6.45) is 10.4. The Bertz CT molecular complexity index is 315. The Morgan fingerprint density at radius 3 is 2.37 bits per heavy atom. The average Bonchev–Trinajstić information content (AvgIpc) is 2.41. The number of nitrogens with two attached hydrogens (primary N) is 2. The molecule has 4 N–H and O–H groups in total. The summed E-state index contributed by atoms with van der Waals surface area (Å²) in [7, 11) is 0. The first kappa shape index (κ1) is 14.8. The number of carbonyl (C=O) groups is 1. The van der Waals surface area contributed by atoms with Crippen LogP contribution in [0.5, 0.6) is 0 Å². The predicted octanol–water partition coefficient (Wildman–Crippen LogP) is 1.77. The molecule has 2 atom stereocenters. The maximum atomic E-state index is 11.6. The molecule has 2 unspecified atom stereocenters. The summed E-state index contributed by atoms with van der Waals surface area (Å²) in [6, 6.07) is 1.14. The summed E-state index contributed by atoms with van der Waals surface area (Å²) >= 11 is 0. The monoisotopic (exact) mass is 267 g/mol. The van der Waals surface area contributed by atoms with Gasteiger partial charge in [-0.25, -0.2) is 0 Å². The summed E-state index contributed by atoms with van der Waals surface area (Å²) in [4.78, 5) is 14.2. The van der Waals surface area contributed by atoms with Crippen molar-refractivity contribution in [2.45, 2.75) is 82.3 Å². The van der Waals surface area contributed by atoms with Gasteiger partial charge >= 0.3 is 0 Å². The molecule has 1 amide bonds. The lowest BCUT2D eigenvalue weighted by molar-refractivity contribution is -0.125. The van der Waals surface area contributed by atoms with Crippen LogP contribution >= 0.6 is 0 Å². The predicted molar refractivity (Wildman–Crippen MR) is 77.6 cm³/mol. The highest BCUT2D eigenvalue weighted by molar-refractivity contribution is 5.84. The molecule has 0 bridgehead atoms. The summed E-state index contributed by atoms with van der Waals surface area (Å²) in [5.74, 6) is -0.322. The highest BCUT2D eigenvalue weighted by Crippen LogP contribution is 2.33. The second-order valence-corrected chi connectivity index (χ2v) is 6.39. The van der Waals surface area contributed by atoms with Gasteiger partial charge in [0.1, 0.15) is 0 Å². The van der Waals surface area contributed by atoms with Crippen molar-refractivity contribution in [3.63, 3.8) is 0 Å². The van der Waals surface area contributed by atoms with E-state index in [0.717, 1.165) is 32.2 Å². The molecule has 0 aliphatic heterocycles. The third-order valence-corrected chi connectivity index (χ3v) is 5.13. The van der Waals surface area contributed by atoms with Crippen LogP contribution in [0.4, 0.5) is 0 Å². The largest absolute Gasteiger partial charge is 0.368 e. The molecule has 110 valence electrons. The summed E-state index contributed by atoms with van der Waals surface area (Å²) in [5.41, 5.74) is 10.9. The van der Waals surface area contributed by atoms with E-state index in [0.29, 0.717) is 12.1 Å². The van der Waals surface area contributed by atoms with Crippen LogP contribution < -0.4 is 11.5 Å². The van der Waals surface area contributed by atoms with Gasteiger partial charge in [0.2, 0.25) is 5.91 Å². The fraction of sp³-hybridized carbons (Fsp3) is 0.933. The van der Waals surface area contributed by atoms with Crippen molar-refractivity contribution in [1.29, 1.82) is 0 Å². The van der Waals surface area contributed by atoms with Crippen molar-refractivity contribution < 1.29 is 4.79 Å². The minimum absolute atomic E-state index is 0.322. The van der Waals surface area contributed by atoms with Crippen LogP contribution in [0.25, 0.3) is 0 Å². The van der Waals surface area contributed by atoms with Gasteiger partial charge in [-0.15, -0.1) is 0 Å². The molecule has 2 aliphatic carbocycles. The summed E-state index contributed by atoms with van der Waals surface area (Å²) < 4.78 is 0. The Morgan fingerprint density at radius 2 is 1.79 bits per heavy atom. The second-order valence-electron chi connectivity index (χ2n) is 6.39.